The first-order valence-electron chi connectivity index (χ1n) is 10.8. The molecule has 0 aliphatic carbocycles. The number of hydrazine groups is 1. The van der Waals surface area contributed by atoms with Crippen molar-refractivity contribution in [3.05, 3.63) is 0 Å². The maximum Gasteiger partial charge on any atom is 0.256 e. The Kier molecular flexibility index (Phi) is 7.48. The van der Waals surface area contributed by atoms with Crippen LogP contribution in [-0.4, -0.2) is 57.8 Å². The van der Waals surface area contributed by atoms with Crippen LogP contribution in [0.15, 0.2) is 0 Å². The molecule has 0 bridgehead atoms. The van der Waals surface area contributed by atoms with Crippen LogP contribution < -0.4 is 5.84 Å². The lowest BCUT2D eigenvalue weighted by molar-refractivity contribution is -0.133. The molecule has 7 nitrogen and oxygen atoms in total. The average molecular weight is 394 g/mol. The smallest absolute Gasteiger partial charge is 0.256 e. The Balaban J connectivity index is 1.83. The number of hydrogen-bond donors (Lipinski definition) is 2. The molecule has 7 heteroatoms. The summed E-state index contributed by atoms with van der Waals surface area (Å²) in [6.07, 6.45) is 5.02. The summed E-state index contributed by atoms with van der Waals surface area (Å²) in [5.41, 5.74) is -0.822. The molecule has 2 rings (SSSR count). The minimum Gasteiger partial charge on any atom is -0.343 e. The number of carbonyl (C=O) groups is 2. The molecule has 28 heavy (non-hydrogen) atoms. The third-order valence-corrected chi connectivity index (χ3v) is 6.19. The molecule has 0 aromatic carbocycles. The van der Waals surface area contributed by atoms with Crippen LogP contribution in [0.5, 0.6) is 0 Å². The minimum absolute atomic E-state index is 0.0602. The van der Waals surface area contributed by atoms with Gasteiger partial charge in [-0.15, -0.1) is 0 Å². The average Bonchev–Trinajstić information content (AvgIpc) is 2.79. The maximum atomic E-state index is 12.9. The van der Waals surface area contributed by atoms with Crippen LogP contribution in [0.1, 0.15) is 73.1 Å². The number of nitrogens with two attached hydrogens (primary N) is 1. The lowest BCUT2D eigenvalue weighted by atomic mass is 9.90. The van der Waals surface area contributed by atoms with Gasteiger partial charge in [-0.2, -0.15) is 0 Å². The van der Waals surface area contributed by atoms with Gasteiger partial charge in [-0.25, -0.2) is 5.84 Å². The van der Waals surface area contributed by atoms with Gasteiger partial charge in [0.15, 0.2) is 0 Å². The quantitative estimate of drug-likeness (QED) is 0.620. The number of rotatable bonds is 8. The number of amides is 2. The lowest BCUT2D eigenvalue weighted by Gasteiger charge is -2.33. The van der Waals surface area contributed by atoms with Crippen LogP contribution in [-0.2, 0) is 9.59 Å². The number of guanidine groups is 1. The number of piperidine rings is 1. The summed E-state index contributed by atoms with van der Waals surface area (Å²) in [7, 11) is 0. The summed E-state index contributed by atoms with van der Waals surface area (Å²) in [6.45, 7) is 12.4. The lowest BCUT2D eigenvalue weighted by Crippen LogP contribution is -2.51. The Morgan fingerprint density at radius 2 is 1.82 bits per heavy atom. The zero-order valence-electron chi connectivity index (χ0n) is 18.3. The molecule has 2 saturated heterocycles. The Labute approximate surface area is 170 Å². The first-order valence-corrected chi connectivity index (χ1v) is 10.8. The van der Waals surface area contributed by atoms with Crippen LogP contribution in [0.25, 0.3) is 0 Å². The zero-order valence-corrected chi connectivity index (χ0v) is 18.3. The summed E-state index contributed by atoms with van der Waals surface area (Å²) in [6, 6.07) is 0. The zero-order chi connectivity index (χ0) is 21.1. The maximum absolute atomic E-state index is 12.9. The summed E-state index contributed by atoms with van der Waals surface area (Å²) in [4.78, 5) is 28.8. The summed E-state index contributed by atoms with van der Waals surface area (Å²) in [5, 5.41) is 9.62. The SMILES string of the molecule is CC(C)CCC(=O)N1CCC(CCN2C(=N)N(N)C(C)(CC(C)C)C2=O)CC1. The van der Waals surface area contributed by atoms with Crippen molar-refractivity contribution in [2.75, 3.05) is 19.6 Å². The van der Waals surface area contributed by atoms with Gasteiger partial charge in [-0.3, -0.25) is 24.9 Å². The monoisotopic (exact) mass is 393 g/mol. The molecule has 2 aliphatic heterocycles. The van der Waals surface area contributed by atoms with Gasteiger partial charge in [0.2, 0.25) is 11.9 Å². The number of nitrogens with one attached hydrogen (secondary N) is 1. The van der Waals surface area contributed by atoms with Crippen molar-refractivity contribution in [3.63, 3.8) is 0 Å². The van der Waals surface area contributed by atoms with Gasteiger partial charge in [0.25, 0.3) is 5.91 Å². The van der Waals surface area contributed by atoms with Gasteiger partial charge in [0, 0.05) is 26.1 Å². The van der Waals surface area contributed by atoms with Crippen molar-refractivity contribution in [3.8, 4) is 0 Å². The Hall–Kier alpha value is -1.63. The molecule has 2 amide bonds. The largest absolute Gasteiger partial charge is 0.343 e. The first kappa shape index (κ1) is 22.7. The highest BCUT2D eigenvalue weighted by molar-refractivity contribution is 6.07. The molecule has 0 aromatic heterocycles. The highest BCUT2D eigenvalue weighted by Crippen LogP contribution is 2.31. The van der Waals surface area contributed by atoms with Crippen molar-refractivity contribution in [1.29, 1.82) is 5.41 Å². The number of carbonyl (C=O) groups excluding carboxylic acids is 2. The molecular weight excluding hydrogens is 354 g/mol. The van der Waals surface area contributed by atoms with Crippen molar-refractivity contribution in [1.82, 2.24) is 14.8 Å². The van der Waals surface area contributed by atoms with Crippen molar-refractivity contribution in [2.45, 2.75) is 78.7 Å². The number of likely N-dealkylation sites (tertiary alicyclic amines) is 1. The first-order chi connectivity index (χ1) is 13.1. The van der Waals surface area contributed by atoms with Gasteiger partial charge >= 0.3 is 0 Å². The van der Waals surface area contributed by atoms with Gasteiger partial charge in [0.05, 0.1) is 0 Å². The second-order valence-electron chi connectivity index (χ2n) is 9.57. The molecule has 3 N–H and O–H groups in total. The highest BCUT2D eigenvalue weighted by Gasteiger charge is 2.51. The van der Waals surface area contributed by atoms with Gasteiger partial charge < -0.3 is 4.90 Å². The molecule has 2 fully saturated rings. The third-order valence-electron chi connectivity index (χ3n) is 6.19. The molecule has 1 atom stereocenters. The van der Waals surface area contributed by atoms with E-state index in [1.807, 2.05) is 11.8 Å². The second kappa shape index (κ2) is 9.25. The van der Waals surface area contributed by atoms with Crippen molar-refractivity contribution < 1.29 is 9.59 Å². The van der Waals surface area contributed by atoms with Crippen LogP contribution in [0, 0.1) is 23.2 Å². The van der Waals surface area contributed by atoms with E-state index in [4.69, 9.17) is 11.3 Å². The van der Waals surface area contributed by atoms with Crippen molar-refractivity contribution in [2.24, 2.45) is 23.6 Å². The molecule has 2 aliphatic rings. The normalized spacial score (nSPS) is 24.2. The molecule has 0 aromatic rings. The highest BCUT2D eigenvalue weighted by atomic mass is 16.2. The van der Waals surface area contributed by atoms with Crippen LogP contribution in [0.3, 0.4) is 0 Å². The van der Waals surface area contributed by atoms with E-state index in [1.165, 1.54) is 5.01 Å². The van der Waals surface area contributed by atoms with E-state index in [0.717, 1.165) is 38.8 Å². The predicted octanol–water partition coefficient (Wildman–Crippen LogP) is 2.81. The van der Waals surface area contributed by atoms with Gasteiger partial charge in [0.1, 0.15) is 5.54 Å². The standard InChI is InChI=1S/C21H39N5O2/c1-15(2)6-7-18(27)24-11-8-17(9-12-24)10-13-25-19(28)21(5,14-16(3)4)26(23)20(25)22/h15-17,22H,6-14,23H2,1-5H3. The van der Waals surface area contributed by atoms with Crippen molar-refractivity contribution >= 4 is 17.8 Å². The molecule has 0 radical (unpaired) electrons. The number of nitrogens with zero attached hydrogens (tertiary/aromatic N) is 3. The van der Waals surface area contributed by atoms with E-state index in [-0.39, 0.29) is 17.8 Å². The van der Waals surface area contributed by atoms with Gasteiger partial charge in [-0.05, 0) is 56.8 Å². The molecule has 1 unspecified atom stereocenters. The Bertz CT molecular complexity index is 583. The predicted molar refractivity (Wildman–Crippen MR) is 111 cm³/mol. The van der Waals surface area contributed by atoms with E-state index in [0.29, 0.717) is 37.1 Å². The molecule has 160 valence electrons. The fraction of sp³-hybridized carbons (Fsp3) is 0.857. The second-order valence-corrected chi connectivity index (χ2v) is 9.57. The van der Waals surface area contributed by atoms with E-state index < -0.39 is 5.54 Å². The molecule has 0 saturated carbocycles. The Morgan fingerprint density at radius 1 is 1.21 bits per heavy atom. The summed E-state index contributed by atoms with van der Waals surface area (Å²) >= 11 is 0. The fourth-order valence-electron chi connectivity index (χ4n) is 4.39. The van der Waals surface area contributed by atoms with Crippen LogP contribution >= 0.6 is 0 Å². The summed E-state index contributed by atoms with van der Waals surface area (Å²) in [5.74, 6) is 7.78. The van der Waals surface area contributed by atoms with E-state index in [2.05, 4.69) is 27.7 Å². The Morgan fingerprint density at radius 3 is 2.36 bits per heavy atom. The van der Waals surface area contributed by atoms with Crippen LogP contribution in [0.2, 0.25) is 0 Å². The minimum atomic E-state index is -0.822. The fourth-order valence-corrected chi connectivity index (χ4v) is 4.39. The molecule has 2 heterocycles. The van der Waals surface area contributed by atoms with E-state index in [1.54, 1.807) is 4.90 Å². The molecular formula is C21H39N5O2. The van der Waals surface area contributed by atoms with Crippen LogP contribution in [0.4, 0.5) is 0 Å². The third kappa shape index (κ3) is 5.04. The number of hydrogen-bond acceptors (Lipinski definition) is 4. The topological polar surface area (TPSA) is 93.7 Å². The van der Waals surface area contributed by atoms with E-state index >= 15 is 0 Å². The summed E-state index contributed by atoms with van der Waals surface area (Å²) < 4.78 is 0. The van der Waals surface area contributed by atoms with Gasteiger partial charge in [-0.1, -0.05) is 27.7 Å². The van der Waals surface area contributed by atoms with E-state index in [9.17, 15) is 9.59 Å². The molecule has 0 spiro atoms.